The summed E-state index contributed by atoms with van der Waals surface area (Å²) in [6.07, 6.45) is 1.56. The number of carbonyl (C=O) groups is 2. The number of ether oxygens (including phenoxy) is 1. The van der Waals surface area contributed by atoms with E-state index in [4.69, 9.17) is 10.5 Å². The second-order valence-corrected chi connectivity index (χ2v) is 3.31. The van der Waals surface area contributed by atoms with E-state index in [1.807, 2.05) is 0 Å². The summed E-state index contributed by atoms with van der Waals surface area (Å²) in [5.41, 5.74) is 5.58. The van der Waals surface area contributed by atoms with Gasteiger partial charge in [-0.05, 0) is 19.8 Å². The summed E-state index contributed by atoms with van der Waals surface area (Å²) >= 11 is 0. The lowest BCUT2D eigenvalue weighted by molar-refractivity contribution is -0.150. The summed E-state index contributed by atoms with van der Waals surface area (Å²) in [7, 11) is 0. The molecule has 15 heavy (non-hydrogen) atoms. The first kappa shape index (κ1) is 14.2. The average molecular weight is 237 g/mol. The van der Waals surface area contributed by atoms with Crippen LogP contribution in [0.2, 0.25) is 0 Å². The molecule has 0 spiro atoms. The van der Waals surface area contributed by atoms with Gasteiger partial charge in [-0.1, -0.05) is 0 Å². The van der Waals surface area contributed by atoms with E-state index in [0.717, 1.165) is 6.42 Å². The van der Waals surface area contributed by atoms with Gasteiger partial charge in [-0.2, -0.15) is 0 Å². The Hall–Kier alpha value is -0.810. The zero-order valence-electron chi connectivity index (χ0n) is 8.77. The van der Waals surface area contributed by atoms with Crippen LogP contribution < -0.4 is 5.73 Å². The van der Waals surface area contributed by atoms with Crippen LogP contribution in [0.15, 0.2) is 0 Å². The van der Waals surface area contributed by atoms with Crippen molar-refractivity contribution in [2.75, 3.05) is 19.7 Å². The molecular formula is C9H17ClN2O3. The van der Waals surface area contributed by atoms with E-state index < -0.39 is 6.04 Å². The molecule has 0 radical (unpaired) electrons. The standard InChI is InChI=1S/C9H16N2O3.ClH/c1-2-14-8(12)6-11-5-3-4-7(10)9(11)13;/h7H,2-6,10H2,1H3;1H. The number of hydrogen-bond donors (Lipinski definition) is 1. The molecule has 1 heterocycles. The number of amides is 1. The highest BCUT2D eigenvalue weighted by Gasteiger charge is 2.27. The van der Waals surface area contributed by atoms with E-state index in [9.17, 15) is 9.59 Å². The maximum Gasteiger partial charge on any atom is 0.325 e. The van der Waals surface area contributed by atoms with Gasteiger partial charge in [0.05, 0.1) is 12.6 Å². The molecule has 1 fully saturated rings. The Morgan fingerprint density at radius 1 is 1.67 bits per heavy atom. The molecule has 1 amide bonds. The SMILES string of the molecule is CCOC(=O)CN1CCCC(N)C1=O.Cl. The molecule has 2 N–H and O–H groups in total. The fourth-order valence-electron chi connectivity index (χ4n) is 1.49. The van der Waals surface area contributed by atoms with Crippen molar-refractivity contribution >= 4 is 24.3 Å². The molecule has 0 saturated carbocycles. The Kier molecular flexibility index (Phi) is 6.27. The van der Waals surface area contributed by atoms with Crippen LogP contribution in [0.4, 0.5) is 0 Å². The topological polar surface area (TPSA) is 72.6 Å². The minimum absolute atomic E-state index is 0. The van der Waals surface area contributed by atoms with Gasteiger partial charge in [-0.25, -0.2) is 0 Å². The third-order valence-corrected chi connectivity index (χ3v) is 2.20. The third-order valence-electron chi connectivity index (χ3n) is 2.20. The highest BCUT2D eigenvalue weighted by Crippen LogP contribution is 2.09. The molecule has 5 nitrogen and oxygen atoms in total. The van der Waals surface area contributed by atoms with Gasteiger partial charge in [-0.15, -0.1) is 12.4 Å². The molecule has 0 aromatic carbocycles. The lowest BCUT2D eigenvalue weighted by Crippen LogP contribution is -2.50. The number of rotatable bonds is 3. The zero-order valence-corrected chi connectivity index (χ0v) is 9.59. The van der Waals surface area contributed by atoms with Gasteiger partial charge in [-0.3, -0.25) is 9.59 Å². The predicted octanol–water partition coefficient (Wildman–Crippen LogP) is -0.0790. The summed E-state index contributed by atoms with van der Waals surface area (Å²) in [6, 6.07) is -0.446. The van der Waals surface area contributed by atoms with Crippen molar-refractivity contribution in [1.82, 2.24) is 4.90 Å². The largest absolute Gasteiger partial charge is 0.465 e. The van der Waals surface area contributed by atoms with Crippen LogP contribution in [0.1, 0.15) is 19.8 Å². The lowest BCUT2D eigenvalue weighted by atomic mass is 10.1. The average Bonchev–Trinajstić information content (AvgIpc) is 2.13. The van der Waals surface area contributed by atoms with Gasteiger partial charge in [0.1, 0.15) is 6.54 Å². The molecule has 1 atom stereocenters. The van der Waals surface area contributed by atoms with E-state index in [2.05, 4.69) is 0 Å². The van der Waals surface area contributed by atoms with Crippen molar-refractivity contribution in [3.05, 3.63) is 0 Å². The Bertz CT molecular complexity index is 235. The normalized spacial score (nSPS) is 20.8. The maximum atomic E-state index is 11.5. The molecule has 1 unspecified atom stereocenters. The van der Waals surface area contributed by atoms with Gasteiger partial charge in [0.15, 0.2) is 0 Å². The predicted molar refractivity (Wildman–Crippen MR) is 57.7 cm³/mol. The second-order valence-electron chi connectivity index (χ2n) is 3.31. The van der Waals surface area contributed by atoms with Gasteiger partial charge < -0.3 is 15.4 Å². The van der Waals surface area contributed by atoms with Crippen molar-refractivity contribution in [2.24, 2.45) is 5.73 Å². The number of nitrogens with zero attached hydrogens (tertiary/aromatic N) is 1. The van der Waals surface area contributed by atoms with Gasteiger partial charge >= 0.3 is 5.97 Å². The molecule has 1 aliphatic heterocycles. The quantitative estimate of drug-likeness (QED) is 0.696. The van der Waals surface area contributed by atoms with E-state index in [-0.39, 0.29) is 30.8 Å². The van der Waals surface area contributed by atoms with Crippen LogP contribution in [0, 0.1) is 0 Å². The molecule has 88 valence electrons. The van der Waals surface area contributed by atoms with Crippen LogP contribution in [0.5, 0.6) is 0 Å². The summed E-state index contributed by atoms with van der Waals surface area (Å²) in [5.74, 6) is -0.515. The van der Waals surface area contributed by atoms with E-state index in [0.29, 0.717) is 19.6 Å². The molecular weight excluding hydrogens is 220 g/mol. The summed E-state index contributed by atoms with van der Waals surface area (Å²) in [4.78, 5) is 24.0. The van der Waals surface area contributed by atoms with Crippen LogP contribution in [0.3, 0.4) is 0 Å². The first-order valence-electron chi connectivity index (χ1n) is 4.85. The molecule has 6 heteroatoms. The van der Waals surface area contributed by atoms with Gasteiger partial charge in [0, 0.05) is 6.54 Å². The number of piperidine rings is 1. The molecule has 0 aromatic rings. The number of halogens is 1. The number of likely N-dealkylation sites (tertiary alicyclic amines) is 1. The number of hydrogen-bond acceptors (Lipinski definition) is 4. The molecule has 0 aromatic heterocycles. The van der Waals surface area contributed by atoms with Crippen LogP contribution in [-0.4, -0.2) is 42.5 Å². The van der Waals surface area contributed by atoms with E-state index >= 15 is 0 Å². The number of nitrogens with two attached hydrogens (primary N) is 1. The van der Waals surface area contributed by atoms with Crippen LogP contribution >= 0.6 is 12.4 Å². The van der Waals surface area contributed by atoms with Gasteiger partial charge in [0.2, 0.25) is 5.91 Å². The smallest absolute Gasteiger partial charge is 0.325 e. The first-order chi connectivity index (χ1) is 6.65. The van der Waals surface area contributed by atoms with E-state index in [1.165, 1.54) is 4.90 Å². The molecule has 1 saturated heterocycles. The highest BCUT2D eigenvalue weighted by atomic mass is 35.5. The Morgan fingerprint density at radius 3 is 2.93 bits per heavy atom. The molecule has 1 rings (SSSR count). The van der Waals surface area contributed by atoms with Crippen molar-refractivity contribution in [1.29, 1.82) is 0 Å². The highest BCUT2D eigenvalue weighted by molar-refractivity contribution is 5.86. The monoisotopic (exact) mass is 236 g/mol. The van der Waals surface area contributed by atoms with E-state index in [1.54, 1.807) is 6.92 Å². The molecule has 0 aliphatic carbocycles. The second kappa shape index (κ2) is 6.63. The fourth-order valence-corrected chi connectivity index (χ4v) is 1.49. The zero-order chi connectivity index (χ0) is 10.6. The summed E-state index contributed by atoms with van der Waals surface area (Å²) < 4.78 is 4.75. The third kappa shape index (κ3) is 4.05. The van der Waals surface area contributed by atoms with Crippen molar-refractivity contribution < 1.29 is 14.3 Å². The fraction of sp³-hybridized carbons (Fsp3) is 0.778. The lowest BCUT2D eigenvalue weighted by Gasteiger charge is -2.29. The Labute approximate surface area is 95.3 Å². The summed E-state index contributed by atoms with van der Waals surface area (Å²) in [5, 5.41) is 0. The Balaban J connectivity index is 0.00000196. The van der Waals surface area contributed by atoms with Crippen LogP contribution in [0.25, 0.3) is 0 Å². The molecule has 0 bridgehead atoms. The minimum atomic E-state index is -0.446. The maximum absolute atomic E-state index is 11.5. The molecule has 1 aliphatic rings. The van der Waals surface area contributed by atoms with Crippen molar-refractivity contribution in [3.63, 3.8) is 0 Å². The van der Waals surface area contributed by atoms with Crippen molar-refractivity contribution in [2.45, 2.75) is 25.8 Å². The Morgan fingerprint density at radius 2 is 2.33 bits per heavy atom. The first-order valence-corrected chi connectivity index (χ1v) is 4.85. The minimum Gasteiger partial charge on any atom is -0.465 e. The summed E-state index contributed by atoms with van der Waals surface area (Å²) in [6.45, 7) is 2.71. The number of carbonyl (C=O) groups excluding carboxylic acids is 2. The van der Waals surface area contributed by atoms with Crippen LogP contribution in [-0.2, 0) is 14.3 Å². The number of esters is 1. The van der Waals surface area contributed by atoms with Crippen molar-refractivity contribution in [3.8, 4) is 0 Å². The van der Waals surface area contributed by atoms with Gasteiger partial charge in [0.25, 0.3) is 0 Å².